The number of aromatic hydroxyl groups is 1. The second kappa shape index (κ2) is 9.50. The van der Waals surface area contributed by atoms with Crippen LogP contribution in [0.2, 0.25) is 5.02 Å². The van der Waals surface area contributed by atoms with Crippen molar-refractivity contribution in [3.63, 3.8) is 0 Å². The Kier molecular flexibility index (Phi) is 6.85. The molecule has 4 rings (SSSR count). The van der Waals surface area contributed by atoms with E-state index in [1.54, 1.807) is 12.1 Å². The van der Waals surface area contributed by atoms with Crippen LogP contribution in [0.15, 0.2) is 47.4 Å². The summed E-state index contributed by atoms with van der Waals surface area (Å²) in [5, 5.41) is 9.98. The summed E-state index contributed by atoms with van der Waals surface area (Å²) in [5.74, 6) is -3.24. The maximum atomic E-state index is 15.1. The van der Waals surface area contributed by atoms with Crippen LogP contribution in [-0.4, -0.2) is 44.5 Å². The number of rotatable bonds is 0. The molecule has 0 aliphatic carbocycles. The molecule has 1 amide bonds. The number of benzene rings is 3. The summed E-state index contributed by atoms with van der Waals surface area (Å²) in [6.07, 6.45) is 0. The number of nitrogens with one attached hydrogen (secondary N) is 1. The molecule has 3 aromatic carbocycles. The molecule has 4 bridgehead atoms. The van der Waals surface area contributed by atoms with E-state index in [1.807, 2.05) is 31.6 Å². The Balaban J connectivity index is 1.98. The Morgan fingerprint density at radius 2 is 1.76 bits per heavy atom. The third kappa shape index (κ3) is 5.21. The lowest BCUT2D eigenvalue weighted by molar-refractivity contribution is 0.0773. The molecule has 37 heavy (non-hydrogen) atoms. The fourth-order valence-corrected chi connectivity index (χ4v) is 5.36. The molecule has 0 unspecified atom stereocenters. The van der Waals surface area contributed by atoms with Gasteiger partial charge in [0.15, 0.2) is 5.75 Å². The third-order valence-electron chi connectivity index (χ3n) is 6.03. The lowest BCUT2D eigenvalue weighted by Crippen LogP contribution is -2.31. The number of likely N-dealkylation sites (N-methyl/N-ethyl adjacent to an activating group) is 1. The monoisotopic (exact) mass is 550 g/mol. The zero-order valence-corrected chi connectivity index (χ0v) is 22.1. The first-order chi connectivity index (χ1) is 17.2. The Hall–Kier alpha value is -3.37. The molecule has 0 saturated carbocycles. The van der Waals surface area contributed by atoms with Gasteiger partial charge in [0.05, 0.1) is 17.3 Å². The number of hydrogen-bond acceptors (Lipinski definition) is 5. The van der Waals surface area contributed by atoms with Crippen molar-refractivity contribution in [1.82, 2.24) is 4.90 Å². The first-order valence-corrected chi connectivity index (χ1v) is 13.1. The number of carbonyl (C=O) groups is 1. The Morgan fingerprint density at radius 3 is 2.43 bits per heavy atom. The van der Waals surface area contributed by atoms with E-state index in [2.05, 4.69) is 0 Å². The highest BCUT2D eigenvalue weighted by atomic mass is 35.5. The first kappa shape index (κ1) is 26.7. The highest BCUT2D eigenvalue weighted by molar-refractivity contribution is 7.92. The molecule has 7 nitrogen and oxygen atoms in total. The van der Waals surface area contributed by atoms with Crippen LogP contribution in [0.5, 0.6) is 11.5 Å². The number of phenolic OH excluding ortho intramolecular Hbond substituents is 1. The lowest BCUT2D eigenvalue weighted by atomic mass is 9.85. The number of phenols is 1. The molecular weight excluding hydrogens is 526 g/mol. The molecule has 0 spiro atoms. The number of amides is 1. The van der Waals surface area contributed by atoms with Gasteiger partial charge in [-0.1, -0.05) is 38.4 Å². The van der Waals surface area contributed by atoms with Crippen molar-refractivity contribution in [2.75, 3.05) is 24.9 Å². The van der Waals surface area contributed by atoms with Gasteiger partial charge in [0.1, 0.15) is 28.9 Å². The summed E-state index contributed by atoms with van der Waals surface area (Å²) >= 11 is 6.02. The van der Waals surface area contributed by atoms with Gasteiger partial charge >= 0.3 is 0 Å². The van der Waals surface area contributed by atoms with E-state index >= 15 is 4.39 Å². The van der Waals surface area contributed by atoms with Crippen molar-refractivity contribution in [3.05, 3.63) is 70.2 Å². The molecule has 1 aliphatic heterocycles. The van der Waals surface area contributed by atoms with Crippen molar-refractivity contribution in [2.45, 2.75) is 31.1 Å². The second-order valence-electron chi connectivity index (χ2n) is 9.76. The molecule has 196 valence electrons. The average Bonchev–Trinajstić information content (AvgIpc) is 2.80. The molecular formula is C26H25ClF2N2O5S. The van der Waals surface area contributed by atoms with E-state index in [4.69, 9.17) is 16.3 Å². The maximum Gasteiger partial charge on any atom is 0.265 e. The van der Waals surface area contributed by atoms with Gasteiger partial charge in [-0.15, -0.1) is 0 Å². The Morgan fingerprint density at radius 1 is 1.05 bits per heavy atom. The Bertz CT molecular complexity index is 1520. The van der Waals surface area contributed by atoms with Gasteiger partial charge in [0.25, 0.3) is 15.9 Å². The van der Waals surface area contributed by atoms with Crippen LogP contribution in [0.1, 0.15) is 36.7 Å². The normalized spacial score (nSPS) is 15.6. The van der Waals surface area contributed by atoms with Crippen molar-refractivity contribution in [2.24, 2.45) is 0 Å². The lowest BCUT2D eigenvalue weighted by Gasteiger charge is -2.23. The zero-order chi connectivity index (χ0) is 27.3. The van der Waals surface area contributed by atoms with E-state index < -0.39 is 43.9 Å². The molecule has 1 heterocycles. The first-order valence-electron chi connectivity index (χ1n) is 11.3. The van der Waals surface area contributed by atoms with Gasteiger partial charge < -0.3 is 14.7 Å². The minimum Gasteiger partial charge on any atom is -0.505 e. The number of nitrogens with zero attached hydrogens (tertiary/aromatic N) is 1. The molecule has 0 saturated heterocycles. The molecule has 0 fully saturated rings. The number of hydrogen-bond donors (Lipinski definition) is 2. The van der Waals surface area contributed by atoms with Crippen LogP contribution in [0.25, 0.3) is 11.1 Å². The van der Waals surface area contributed by atoms with Gasteiger partial charge in [0, 0.05) is 29.8 Å². The topological polar surface area (TPSA) is 95.9 Å². The van der Waals surface area contributed by atoms with E-state index in [1.165, 1.54) is 11.9 Å². The number of carbonyl (C=O) groups excluding carboxylic acids is 1. The largest absolute Gasteiger partial charge is 0.505 e. The molecule has 2 N–H and O–H groups in total. The summed E-state index contributed by atoms with van der Waals surface area (Å²) in [4.78, 5) is 13.5. The molecule has 1 aliphatic rings. The Labute approximate surface area is 218 Å². The van der Waals surface area contributed by atoms with Gasteiger partial charge in [-0.25, -0.2) is 17.2 Å². The summed E-state index contributed by atoms with van der Waals surface area (Å²) in [6.45, 7) is 6.02. The maximum absolute atomic E-state index is 15.1. The molecule has 0 aromatic heterocycles. The summed E-state index contributed by atoms with van der Waals surface area (Å²) < 4.78 is 64.3. The van der Waals surface area contributed by atoms with Crippen LogP contribution in [0.4, 0.5) is 14.5 Å². The van der Waals surface area contributed by atoms with Crippen LogP contribution >= 0.6 is 11.6 Å². The standard InChI is InChI=1S/C26H25ClF2N2O5S/c1-26(2,3)15-5-6-22-17(11-15)16-12-21(20(29)13-19(16)28)30-37(34,35)23-10-14(9-18(27)24(23)32)25(33)31(4)7-8-36-22/h5-6,9-13,30,32H,7-8H2,1-4H3. The summed E-state index contributed by atoms with van der Waals surface area (Å²) in [7, 11) is -3.18. The predicted octanol–water partition coefficient (Wildman–Crippen LogP) is 5.55. The van der Waals surface area contributed by atoms with Gasteiger partial charge in [0.2, 0.25) is 0 Å². The quantitative estimate of drug-likeness (QED) is 0.382. The van der Waals surface area contributed by atoms with Gasteiger partial charge in [-0.2, -0.15) is 0 Å². The summed E-state index contributed by atoms with van der Waals surface area (Å²) in [5.41, 5.74) is 0.0110. The number of ether oxygens (including phenoxy) is 1. The van der Waals surface area contributed by atoms with Crippen LogP contribution in [0.3, 0.4) is 0 Å². The van der Waals surface area contributed by atoms with E-state index in [0.29, 0.717) is 6.07 Å². The van der Waals surface area contributed by atoms with E-state index in [0.717, 1.165) is 23.8 Å². The minimum atomic E-state index is -4.66. The molecule has 11 heteroatoms. The van der Waals surface area contributed by atoms with E-state index in [-0.39, 0.29) is 46.0 Å². The van der Waals surface area contributed by atoms with Crippen LogP contribution in [-0.2, 0) is 15.4 Å². The van der Waals surface area contributed by atoms with Gasteiger partial charge in [-0.3, -0.25) is 9.52 Å². The molecule has 0 atom stereocenters. The SMILES string of the molecule is CN1CCOc2ccc(C(C)(C)C)cc2-c2cc(c(F)cc2F)NS(=O)(=O)c2cc(cc(Cl)c2O)C1=O. The average molecular weight is 551 g/mol. The minimum absolute atomic E-state index is 0.0228. The van der Waals surface area contributed by atoms with Crippen molar-refractivity contribution in [1.29, 1.82) is 0 Å². The molecule has 0 radical (unpaired) electrons. The second-order valence-corrected chi connectivity index (χ2v) is 11.8. The fraction of sp³-hybridized carbons (Fsp3) is 0.269. The zero-order valence-electron chi connectivity index (χ0n) is 20.5. The highest BCUT2D eigenvalue weighted by Crippen LogP contribution is 2.39. The molecule has 3 aromatic rings. The van der Waals surface area contributed by atoms with Gasteiger partial charge in [-0.05, 0) is 41.3 Å². The summed E-state index contributed by atoms with van der Waals surface area (Å²) in [6, 6.07) is 8.84. The predicted molar refractivity (Wildman–Crippen MR) is 137 cm³/mol. The van der Waals surface area contributed by atoms with Crippen molar-refractivity contribution >= 4 is 33.2 Å². The number of fused-ring (bicyclic) bond motifs is 6. The number of anilines is 1. The fourth-order valence-electron chi connectivity index (χ4n) is 3.88. The highest BCUT2D eigenvalue weighted by Gasteiger charge is 2.27. The number of halogens is 3. The van der Waals surface area contributed by atoms with Crippen LogP contribution in [0, 0.1) is 11.6 Å². The van der Waals surface area contributed by atoms with Crippen molar-refractivity contribution < 1.29 is 31.8 Å². The number of sulfonamides is 1. The van der Waals surface area contributed by atoms with Crippen LogP contribution < -0.4 is 9.46 Å². The third-order valence-corrected chi connectivity index (χ3v) is 7.70. The van der Waals surface area contributed by atoms with E-state index in [9.17, 15) is 22.7 Å². The van der Waals surface area contributed by atoms with Crippen molar-refractivity contribution in [3.8, 4) is 22.6 Å². The smallest absolute Gasteiger partial charge is 0.265 e.